The lowest BCUT2D eigenvalue weighted by Crippen LogP contribution is -2.20. The Kier molecular flexibility index (Phi) is 5.37. The molecule has 2 nitrogen and oxygen atoms in total. The molecular formula is C13H7BrCl2F2N2S. The van der Waals surface area contributed by atoms with Gasteiger partial charge in [0.1, 0.15) is 5.82 Å². The minimum atomic E-state index is -0.770. The van der Waals surface area contributed by atoms with E-state index in [9.17, 15) is 8.78 Å². The Hall–Kier alpha value is -0.950. The predicted molar refractivity (Wildman–Crippen MR) is 90.4 cm³/mol. The summed E-state index contributed by atoms with van der Waals surface area (Å²) < 4.78 is 26.9. The molecule has 2 rings (SSSR count). The van der Waals surface area contributed by atoms with Gasteiger partial charge in [0.05, 0.1) is 16.4 Å². The van der Waals surface area contributed by atoms with Crippen LogP contribution in [0.25, 0.3) is 0 Å². The van der Waals surface area contributed by atoms with Crippen molar-refractivity contribution in [2.45, 2.75) is 0 Å². The summed E-state index contributed by atoms with van der Waals surface area (Å²) in [5, 5.41) is 6.39. The van der Waals surface area contributed by atoms with E-state index in [0.29, 0.717) is 15.7 Å². The molecule has 0 radical (unpaired) electrons. The van der Waals surface area contributed by atoms with Gasteiger partial charge in [-0.1, -0.05) is 23.2 Å². The van der Waals surface area contributed by atoms with Gasteiger partial charge < -0.3 is 10.6 Å². The van der Waals surface area contributed by atoms with E-state index in [-0.39, 0.29) is 15.3 Å². The highest BCUT2D eigenvalue weighted by molar-refractivity contribution is 9.10. The second kappa shape index (κ2) is 6.87. The molecule has 0 amide bonds. The molecule has 8 heteroatoms. The fraction of sp³-hybridized carbons (Fsp3) is 0. The van der Waals surface area contributed by atoms with Crippen molar-refractivity contribution in [1.82, 2.24) is 0 Å². The number of halogens is 5. The van der Waals surface area contributed by atoms with Crippen molar-refractivity contribution in [3.63, 3.8) is 0 Å². The quantitative estimate of drug-likeness (QED) is 0.606. The van der Waals surface area contributed by atoms with Gasteiger partial charge in [-0.15, -0.1) is 0 Å². The number of anilines is 2. The van der Waals surface area contributed by atoms with Crippen LogP contribution in [0.4, 0.5) is 20.2 Å². The Labute approximate surface area is 143 Å². The van der Waals surface area contributed by atoms with Gasteiger partial charge in [0, 0.05) is 15.6 Å². The minimum absolute atomic E-state index is 0.0268. The number of benzene rings is 2. The summed E-state index contributed by atoms with van der Waals surface area (Å²) in [6.07, 6.45) is 0. The zero-order valence-electron chi connectivity index (χ0n) is 10.2. The molecule has 2 aromatic carbocycles. The van der Waals surface area contributed by atoms with Crippen LogP contribution < -0.4 is 10.6 Å². The zero-order chi connectivity index (χ0) is 15.6. The van der Waals surface area contributed by atoms with E-state index in [2.05, 4.69) is 26.6 Å². The lowest BCUT2D eigenvalue weighted by Gasteiger charge is -2.13. The number of rotatable bonds is 2. The van der Waals surface area contributed by atoms with Crippen LogP contribution in [0, 0.1) is 11.6 Å². The molecule has 0 atom stereocenters. The summed E-state index contributed by atoms with van der Waals surface area (Å²) in [4.78, 5) is 0. The molecule has 0 aliphatic rings. The third-order valence-electron chi connectivity index (χ3n) is 2.42. The van der Waals surface area contributed by atoms with E-state index in [1.54, 1.807) is 18.2 Å². The van der Waals surface area contributed by atoms with Gasteiger partial charge in [-0.25, -0.2) is 8.78 Å². The van der Waals surface area contributed by atoms with Crippen molar-refractivity contribution in [2.75, 3.05) is 10.6 Å². The van der Waals surface area contributed by atoms with Gasteiger partial charge in [0.25, 0.3) is 0 Å². The molecule has 0 bridgehead atoms. The van der Waals surface area contributed by atoms with Crippen LogP contribution in [0.15, 0.2) is 34.8 Å². The second-order valence-corrected chi connectivity index (χ2v) is 6.05. The first-order chi connectivity index (χ1) is 9.86. The molecule has 0 saturated carbocycles. The van der Waals surface area contributed by atoms with Crippen molar-refractivity contribution >= 4 is 67.8 Å². The highest BCUT2D eigenvalue weighted by atomic mass is 79.9. The highest BCUT2D eigenvalue weighted by Gasteiger charge is 2.12. The molecule has 0 spiro atoms. The normalized spacial score (nSPS) is 10.3. The van der Waals surface area contributed by atoms with Crippen molar-refractivity contribution in [3.8, 4) is 0 Å². The topological polar surface area (TPSA) is 24.1 Å². The van der Waals surface area contributed by atoms with Crippen LogP contribution >= 0.6 is 51.3 Å². The van der Waals surface area contributed by atoms with Crippen LogP contribution in [0.3, 0.4) is 0 Å². The minimum Gasteiger partial charge on any atom is -0.331 e. The highest BCUT2D eigenvalue weighted by Crippen LogP contribution is 2.28. The molecule has 0 unspecified atom stereocenters. The molecule has 21 heavy (non-hydrogen) atoms. The van der Waals surface area contributed by atoms with Crippen molar-refractivity contribution in [1.29, 1.82) is 0 Å². The molecule has 0 aliphatic carbocycles. The maximum absolute atomic E-state index is 13.7. The summed E-state index contributed by atoms with van der Waals surface area (Å²) in [5.74, 6) is -1.46. The van der Waals surface area contributed by atoms with E-state index >= 15 is 0 Å². The van der Waals surface area contributed by atoms with Crippen molar-refractivity contribution < 1.29 is 8.78 Å². The summed E-state index contributed by atoms with van der Waals surface area (Å²) in [6.45, 7) is 0. The smallest absolute Gasteiger partial charge is 0.175 e. The van der Waals surface area contributed by atoms with E-state index in [1.807, 2.05) is 0 Å². The Balaban J connectivity index is 2.16. The fourth-order valence-electron chi connectivity index (χ4n) is 1.52. The SMILES string of the molecule is Fc1cc(F)c(NC(=S)Nc2ccc(Cl)cc2Cl)c(Br)c1. The Bertz CT molecular complexity index is 690. The largest absolute Gasteiger partial charge is 0.331 e. The lowest BCUT2D eigenvalue weighted by atomic mass is 10.3. The molecule has 0 saturated heterocycles. The molecular weight excluding hydrogens is 405 g/mol. The van der Waals surface area contributed by atoms with Crippen LogP contribution in [-0.2, 0) is 0 Å². The number of nitrogens with one attached hydrogen (secondary N) is 2. The summed E-state index contributed by atoms with van der Waals surface area (Å²) in [5.41, 5.74) is 0.538. The van der Waals surface area contributed by atoms with Crippen molar-refractivity contribution in [3.05, 3.63) is 56.5 Å². The molecule has 110 valence electrons. The number of hydrogen-bond donors (Lipinski definition) is 2. The van der Waals surface area contributed by atoms with Gasteiger partial charge in [0.2, 0.25) is 0 Å². The first-order valence-electron chi connectivity index (χ1n) is 5.54. The number of thiocarbonyl (C=S) groups is 1. The van der Waals surface area contributed by atoms with Gasteiger partial charge >= 0.3 is 0 Å². The maximum atomic E-state index is 13.7. The average Bonchev–Trinajstić information content (AvgIpc) is 2.37. The third kappa shape index (κ3) is 4.26. The Morgan fingerprint density at radius 3 is 2.43 bits per heavy atom. The molecule has 2 aromatic rings. The number of hydrogen-bond acceptors (Lipinski definition) is 1. The zero-order valence-corrected chi connectivity index (χ0v) is 14.1. The first kappa shape index (κ1) is 16.4. The molecule has 0 fully saturated rings. The van der Waals surface area contributed by atoms with Gasteiger partial charge in [-0.05, 0) is 52.4 Å². The van der Waals surface area contributed by atoms with Crippen molar-refractivity contribution in [2.24, 2.45) is 0 Å². The fourth-order valence-corrected chi connectivity index (χ4v) is 2.69. The van der Waals surface area contributed by atoms with E-state index in [0.717, 1.165) is 12.1 Å². The second-order valence-electron chi connectivity index (χ2n) is 3.95. The molecule has 0 aromatic heterocycles. The monoisotopic (exact) mass is 410 g/mol. The summed E-state index contributed by atoms with van der Waals surface area (Å²) in [7, 11) is 0. The molecule has 0 aliphatic heterocycles. The summed E-state index contributed by atoms with van der Waals surface area (Å²) in [6, 6.07) is 6.69. The first-order valence-corrected chi connectivity index (χ1v) is 7.50. The van der Waals surface area contributed by atoms with E-state index < -0.39 is 11.6 Å². The standard InChI is InChI=1S/C13H7BrCl2F2N2S/c14-8-4-7(17)5-10(18)12(8)20-13(21)19-11-2-1-6(15)3-9(11)16/h1-5H,(H2,19,20,21). The molecule has 0 heterocycles. The Morgan fingerprint density at radius 1 is 1.10 bits per heavy atom. The predicted octanol–water partition coefficient (Wildman–Crippen LogP) is 5.84. The third-order valence-corrected chi connectivity index (χ3v) is 3.80. The lowest BCUT2D eigenvalue weighted by molar-refractivity contribution is 0.585. The van der Waals surface area contributed by atoms with E-state index in [4.69, 9.17) is 35.4 Å². The van der Waals surface area contributed by atoms with Gasteiger partial charge in [-0.2, -0.15) is 0 Å². The molecule has 2 N–H and O–H groups in total. The van der Waals surface area contributed by atoms with Crippen LogP contribution in [0.1, 0.15) is 0 Å². The van der Waals surface area contributed by atoms with Crippen LogP contribution in [0.5, 0.6) is 0 Å². The Morgan fingerprint density at radius 2 is 1.81 bits per heavy atom. The average molecular weight is 412 g/mol. The van der Waals surface area contributed by atoms with Gasteiger partial charge in [-0.3, -0.25) is 0 Å². The van der Waals surface area contributed by atoms with Crippen LogP contribution in [0.2, 0.25) is 10.0 Å². The summed E-state index contributed by atoms with van der Waals surface area (Å²) >= 11 is 19.9. The van der Waals surface area contributed by atoms with Crippen LogP contribution in [-0.4, -0.2) is 5.11 Å². The van der Waals surface area contributed by atoms with Gasteiger partial charge in [0.15, 0.2) is 10.9 Å². The van der Waals surface area contributed by atoms with E-state index in [1.165, 1.54) is 0 Å². The maximum Gasteiger partial charge on any atom is 0.175 e.